The number of aromatic nitrogens is 3. The van der Waals surface area contributed by atoms with E-state index in [1.165, 1.54) is 6.33 Å². The summed E-state index contributed by atoms with van der Waals surface area (Å²) in [6, 6.07) is 1.61. The molecule has 4 nitrogen and oxygen atoms in total. The summed E-state index contributed by atoms with van der Waals surface area (Å²) < 4.78 is 0. The van der Waals surface area contributed by atoms with Crippen molar-refractivity contribution in [3.63, 3.8) is 0 Å². The summed E-state index contributed by atoms with van der Waals surface area (Å²) in [5, 5.41) is 2.87. The van der Waals surface area contributed by atoms with Gasteiger partial charge in [-0.25, -0.2) is 15.0 Å². The Kier molecular flexibility index (Phi) is 2.82. The largest absolute Gasteiger partial charge is 0.292 e. The highest BCUT2D eigenvalue weighted by molar-refractivity contribution is 7.09. The van der Waals surface area contributed by atoms with Gasteiger partial charge in [-0.15, -0.1) is 11.3 Å². The molecule has 0 aromatic carbocycles. The van der Waals surface area contributed by atoms with E-state index in [1.54, 1.807) is 23.6 Å². The van der Waals surface area contributed by atoms with Crippen LogP contribution in [0.3, 0.4) is 0 Å². The van der Waals surface area contributed by atoms with Crippen LogP contribution in [0.25, 0.3) is 0 Å². The number of Topliss-reactive ketones (excluding diaryl/α,β-unsaturated/α-hetero) is 1. The number of carbonyl (C=O) groups excluding carboxylic acids is 1. The standard InChI is InChI=1S/C10H9N3OS/c1-7-13-8(5-15-7)4-10(14)9-2-3-11-6-12-9/h2-3,5-6H,4H2,1H3. The second kappa shape index (κ2) is 4.27. The molecule has 0 atom stereocenters. The van der Waals surface area contributed by atoms with Gasteiger partial charge >= 0.3 is 0 Å². The molecule has 0 saturated carbocycles. The van der Waals surface area contributed by atoms with Crippen molar-refractivity contribution in [3.8, 4) is 0 Å². The Labute approximate surface area is 91.0 Å². The smallest absolute Gasteiger partial charge is 0.187 e. The summed E-state index contributed by atoms with van der Waals surface area (Å²) in [4.78, 5) is 23.6. The first kappa shape index (κ1) is 9.92. The summed E-state index contributed by atoms with van der Waals surface area (Å²) in [6.07, 6.45) is 3.24. The molecule has 0 fully saturated rings. The van der Waals surface area contributed by atoms with Gasteiger partial charge in [0.2, 0.25) is 0 Å². The fourth-order valence-electron chi connectivity index (χ4n) is 1.20. The van der Waals surface area contributed by atoms with E-state index in [2.05, 4.69) is 15.0 Å². The van der Waals surface area contributed by atoms with Gasteiger partial charge in [0.25, 0.3) is 0 Å². The van der Waals surface area contributed by atoms with Crippen LogP contribution in [0.4, 0.5) is 0 Å². The zero-order valence-electron chi connectivity index (χ0n) is 8.17. The molecule has 2 aromatic heterocycles. The van der Waals surface area contributed by atoms with Crippen LogP contribution in [0.1, 0.15) is 21.2 Å². The Morgan fingerprint density at radius 2 is 2.40 bits per heavy atom. The molecular formula is C10H9N3OS. The molecule has 76 valence electrons. The van der Waals surface area contributed by atoms with E-state index in [4.69, 9.17) is 0 Å². The molecule has 0 bridgehead atoms. The van der Waals surface area contributed by atoms with Crippen molar-refractivity contribution in [2.75, 3.05) is 0 Å². The molecule has 0 N–H and O–H groups in total. The molecule has 0 aliphatic rings. The summed E-state index contributed by atoms with van der Waals surface area (Å²) in [7, 11) is 0. The van der Waals surface area contributed by atoms with Gasteiger partial charge in [-0.1, -0.05) is 0 Å². The molecule has 15 heavy (non-hydrogen) atoms. The number of carbonyl (C=O) groups is 1. The molecule has 0 unspecified atom stereocenters. The number of aryl methyl sites for hydroxylation is 1. The van der Waals surface area contributed by atoms with E-state index in [-0.39, 0.29) is 5.78 Å². The minimum atomic E-state index is -0.0253. The van der Waals surface area contributed by atoms with E-state index in [1.807, 2.05) is 12.3 Å². The van der Waals surface area contributed by atoms with Gasteiger partial charge in [0, 0.05) is 11.6 Å². The van der Waals surface area contributed by atoms with Gasteiger partial charge in [0.15, 0.2) is 5.78 Å². The lowest BCUT2D eigenvalue weighted by atomic mass is 10.2. The van der Waals surface area contributed by atoms with E-state index in [0.717, 1.165) is 10.7 Å². The highest BCUT2D eigenvalue weighted by atomic mass is 32.1. The first-order valence-electron chi connectivity index (χ1n) is 4.46. The average molecular weight is 219 g/mol. The third-order valence-corrected chi connectivity index (χ3v) is 2.70. The summed E-state index contributed by atoms with van der Waals surface area (Å²) >= 11 is 1.55. The lowest BCUT2D eigenvalue weighted by Gasteiger charge is -1.95. The molecule has 0 aliphatic heterocycles. The molecule has 2 heterocycles. The van der Waals surface area contributed by atoms with Crippen molar-refractivity contribution in [2.45, 2.75) is 13.3 Å². The number of rotatable bonds is 3. The normalized spacial score (nSPS) is 10.2. The fourth-order valence-corrected chi connectivity index (χ4v) is 1.81. The Morgan fingerprint density at radius 3 is 3.00 bits per heavy atom. The van der Waals surface area contributed by atoms with E-state index in [9.17, 15) is 4.79 Å². The van der Waals surface area contributed by atoms with Crippen LogP contribution in [0, 0.1) is 6.92 Å². The summed E-state index contributed by atoms with van der Waals surface area (Å²) in [5.74, 6) is -0.0253. The number of hydrogen-bond acceptors (Lipinski definition) is 5. The highest BCUT2D eigenvalue weighted by Gasteiger charge is 2.09. The third-order valence-electron chi connectivity index (χ3n) is 1.88. The van der Waals surface area contributed by atoms with Crippen molar-refractivity contribution in [2.24, 2.45) is 0 Å². The maximum Gasteiger partial charge on any atom is 0.187 e. The van der Waals surface area contributed by atoms with E-state index >= 15 is 0 Å². The Hall–Kier alpha value is -1.62. The molecule has 0 aliphatic carbocycles. The minimum absolute atomic E-state index is 0.0253. The molecular weight excluding hydrogens is 210 g/mol. The number of hydrogen-bond donors (Lipinski definition) is 0. The average Bonchev–Trinajstić information content (AvgIpc) is 2.65. The van der Waals surface area contributed by atoms with Gasteiger partial charge in [-0.05, 0) is 13.0 Å². The van der Waals surface area contributed by atoms with Crippen LogP contribution in [0.15, 0.2) is 24.0 Å². The predicted octanol–water partition coefficient (Wildman–Crippen LogP) is 1.67. The number of ketones is 1. The van der Waals surface area contributed by atoms with Crippen molar-refractivity contribution in [1.82, 2.24) is 15.0 Å². The summed E-state index contributed by atoms with van der Waals surface area (Å²) in [6.45, 7) is 1.92. The first-order chi connectivity index (χ1) is 7.25. The van der Waals surface area contributed by atoms with Crippen LogP contribution in [0.5, 0.6) is 0 Å². The summed E-state index contributed by atoms with van der Waals surface area (Å²) in [5.41, 5.74) is 1.25. The predicted molar refractivity (Wildman–Crippen MR) is 56.9 cm³/mol. The molecule has 0 spiro atoms. The van der Waals surface area contributed by atoms with Gasteiger partial charge < -0.3 is 0 Å². The monoisotopic (exact) mass is 219 g/mol. The molecule has 0 radical (unpaired) electrons. The lowest BCUT2D eigenvalue weighted by Crippen LogP contribution is -2.06. The van der Waals surface area contributed by atoms with Crippen molar-refractivity contribution in [3.05, 3.63) is 40.4 Å². The zero-order chi connectivity index (χ0) is 10.7. The number of nitrogens with zero attached hydrogens (tertiary/aromatic N) is 3. The Morgan fingerprint density at radius 1 is 1.53 bits per heavy atom. The second-order valence-electron chi connectivity index (χ2n) is 3.05. The zero-order valence-corrected chi connectivity index (χ0v) is 8.99. The first-order valence-corrected chi connectivity index (χ1v) is 5.34. The Balaban J connectivity index is 2.11. The Bertz CT molecular complexity index is 467. The number of thiazole rings is 1. The lowest BCUT2D eigenvalue weighted by molar-refractivity contribution is 0.0987. The molecule has 5 heteroatoms. The third kappa shape index (κ3) is 2.44. The van der Waals surface area contributed by atoms with Crippen LogP contribution in [-0.4, -0.2) is 20.7 Å². The van der Waals surface area contributed by atoms with Crippen LogP contribution >= 0.6 is 11.3 Å². The van der Waals surface area contributed by atoms with Crippen molar-refractivity contribution < 1.29 is 4.79 Å². The van der Waals surface area contributed by atoms with Gasteiger partial charge in [0.05, 0.1) is 17.1 Å². The van der Waals surface area contributed by atoms with Gasteiger partial charge in [-0.2, -0.15) is 0 Å². The second-order valence-corrected chi connectivity index (χ2v) is 4.11. The maximum atomic E-state index is 11.7. The fraction of sp³-hybridized carbons (Fsp3) is 0.200. The molecule has 2 rings (SSSR count). The van der Waals surface area contributed by atoms with Gasteiger partial charge in [-0.3, -0.25) is 4.79 Å². The van der Waals surface area contributed by atoms with Crippen LogP contribution in [-0.2, 0) is 6.42 Å². The SMILES string of the molecule is Cc1nc(CC(=O)c2ccncn2)cs1. The maximum absolute atomic E-state index is 11.7. The molecule has 2 aromatic rings. The van der Waals surface area contributed by atoms with E-state index < -0.39 is 0 Å². The van der Waals surface area contributed by atoms with Crippen LogP contribution < -0.4 is 0 Å². The topological polar surface area (TPSA) is 55.7 Å². The van der Waals surface area contributed by atoms with Gasteiger partial charge in [0.1, 0.15) is 12.0 Å². The van der Waals surface area contributed by atoms with Crippen LogP contribution in [0.2, 0.25) is 0 Å². The van der Waals surface area contributed by atoms with Crippen molar-refractivity contribution in [1.29, 1.82) is 0 Å². The highest BCUT2D eigenvalue weighted by Crippen LogP contribution is 2.10. The molecule has 0 saturated heterocycles. The minimum Gasteiger partial charge on any atom is -0.292 e. The quantitative estimate of drug-likeness (QED) is 0.737. The van der Waals surface area contributed by atoms with Crippen molar-refractivity contribution >= 4 is 17.1 Å². The molecule has 0 amide bonds. The van der Waals surface area contributed by atoms with E-state index in [0.29, 0.717) is 12.1 Å².